The van der Waals surface area contributed by atoms with E-state index in [2.05, 4.69) is 8.92 Å². The molecule has 0 aliphatic heterocycles. The summed E-state index contributed by atoms with van der Waals surface area (Å²) in [6.45, 7) is -0.0149. The number of rotatable bonds is 6. The lowest BCUT2D eigenvalue weighted by molar-refractivity contribution is 0.0600. The molecule has 0 aliphatic rings. The summed E-state index contributed by atoms with van der Waals surface area (Å²) in [6.07, 6.45) is 0.963. The van der Waals surface area contributed by atoms with Gasteiger partial charge in [-0.15, -0.1) is 0 Å². The third kappa shape index (κ3) is 5.15. The van der Waals surface area contributed by atoms with E-state index >= 15 is 0 Å². The zero-order valence-electron chi connectivity index (χ0n) is 10.1. The van der Waals surface area contributed by atoms with Gasteiger partial charge in [0.05, 0.1) is 18.9 Å². The highest BCUT2D eigenvalue weighted by atomic mass is 32.2. The van der Waals surface area contributed by atoms with Gasteiger partial charge in [0, 0.05) is 0 Å². The van der Waals surface area contributed by atoms with Crippen LogP contribution in [-0.4, -0.2) is 41.0 Å². The van der Waals surface area contributed by atoms with Crippen LogP contribution in [0.2, 0.25) is 0 Å². The second-order valence-electron chi connectivity index (χ2n) is 3.39. The zero-order valence-corrected chi connectivity index (χ0v) is 10.9. The maximum Gasteiger partial charge on any atom is 0.337 e. The summed E-state index contributed by atoms with van der Waals surface area (Å²) in [5, 5.41) is 0. The number of hydrogen-bond donors (Lipinski definition) is 0. The van der Waals surface area contributed by atoms with Crippen LogP contribution in [0.3, 0.4) is 0 Å². The van der Waals surface area contributed by atoms with Crippen LogP contribution in [0.4, 0.5) is 0 Å². The van der Waals surface area contributed by atoms with E-state index in [0.717, 1.165) is 6.26 Å². The summed E-state index contributed by atoms with van der Waals surface area (Å²) >= 11 is 0. The van der Waals surface area contributed by atoms with E-state index in [0.29, 0.717) is 11.3 Å². The summed E-state index contributed by atoms with van der Waals surface area (Å²) in [5.41, 5.74) is 0.360. The van der Waals surface area contributed by atoms with Gasteiger partial charge in [-0.3, -0.25) is 4.18 Å². The molecule has 1 rings (SSSR count). The van der Waals surface area contributed by atoms with Gasteiger partial charge in [-0.05, 0) is 18.2 Å². The Hall–Kier alpha value is -1.60. The molecule has 0 atom stereocenters. The molecule has 0 aliphatic carbocycles. The van der Waals surface area contributed by atoms with Crippen molar-refractivity contribution < 1.29 is 26.9 Å². The number of esters is 1. The Labute approximate surface area is 106 Å². The minimum Gasteiger partial charge on any atom is -0.491 e. The van der Waals surface area contributed by atoms with Crippen molar-refractivity contribution in [3.05, 3.63) is 29.8 Å². The first kappa shape index (κ1) is 14.5. The smallest absolute Gasteiger partial charge is 0.337 e. The van der Waals surface area contributed by atoms with Gasteiger partial charge < -0.3 is 9.47 Å². The van der Waals surface area contributed by atoms with Crippen LogP contribution in [-0.2, 0) is 19.0 Å². The Bertz CT molecular complexity index is 508. The molecule has 0 radical (unpaired) electrons. The molecule has 18 heavy (non-hydrogen) atoms. The van der Waals surface area contributed by atoms with Crippen LogP contribution in [0.5, 0.6) is 5.75 Å². The second-order valence-corrected chi connectivity index (χ2v) is 5.04. The molecule has 0 unspecified atom stereocenters. The van der Waals surface area contributed by atoms with E-state index in [-0.39, 0.29) is 13.2 Å². The van der Waals surface area contributed by atoms with E-state index in [1.165, 1.54) is 13.2 Å². The average molecular weight is 274 g/mol. The average Bonchev–Trinajstić information content (AvgIpc) is 2.33. The topological polar surface area (TPSA) is 78.9 Å². The van der Waals surface area contributed by atoms with Gasteiger partial charge in [0.25, 0.3) is 10.1 Å². The molecule has 0 fully saturated rings. The van der Waals surface area contributed by atoms with E-state index in [4.69, 9.17) is 4.74 Å². The van der Waals surface area contributed by atoms with Crippen LogP contribution in [0.1, 0.15) is 10.4 Å². The van der Waals surface area contributed by atoms with Gasteiger partial charge in [-0.2, -0.15) is 8.42 Å². The second kappa shape index (κ2) is 6.36. The maximum atomic E-state index is 11.2. The molecule has 0 bridgehead atoms. The largest absolute Gasteiger partial charge is 0.491 e. The third-order valence-corrected chi connectivity index (χ3v) is 2.50. The molecule has 0 N–H and O–H groups in total. The van der Waals surface area contributed by atoms with Gasteiger partial charge in [0.1, 0.15) is 19.0 Å². The van der Waals surface area contributed by atoms with Crippen molar-refractivity contribution in [3.8, 4) is 5.75 Å². The first-order valence-corrected chi connectivity index (χ1v) is 6.89. The van der Waals surface area contributed by atoms with Crippen molar-refractivity contribution in [1.29, 1.82) is 0 Å². The molecule has 0 saturated heterocycles. The Morgan fingerprint density at radius 2 is 2.00 bits per heavy atom. The highest BCUT2D eigenvalue weighted by molar-refractivity contribution is 7.85. The Morgan fingerprint density at radius 3 is 2.61 bits per heavy atom. The summed E-state index contributed by atoms with van der Waals surface area (Å²) in [6, 6.07) is 6.38. The minimum absolute atomic E-state index is 0.0672. The number of hydrogen-bond acceptors (Lipinski definition) is 6. The van der Waals surface area contributed by atoms with E-state index in [1.54, 1.807) is 18.2 Å². The number of carbonyl (C=O) groups excluding carboxylic acids is 1. The molecule has 6 nitrogen and oxygen atoms in total. The molecule has 7 heteroatoms. The molecule has 0 amide bonds. The molecule has 1 aromatic carbocycles. The number of methoxy groups -OCH3 is 1. The molecular weight excluding hydrogens is 260 g/mol. The van der Waals surface area contributed by atoms with Gasteiger partial charge >= 0.3 is 5.97 Å². The Kier molecular flexibility index (Phi) is 5.11. The normalized spacial score (nSPS) is 11.0. The predicted octanol–water partition coefficient (Wildman–Crippen LogP) is 0.828. The Morgan fingerprint density at radius 1 is 1.28 bits per heavy atom. The molecule has 100 valence electrons. The summed E-state index contributed by atoms with van der Waals surface area (Å²) < 4.78 is 35.7. The lowest BCUT2D eigenvalue weighted by Gasteiger charge is -2.07. The molecule has 0 heterocycles. The van der Waals surface area contributed by atoms with Gasteiger partial charge in [0.15, 0.2) is 0 Å². The zero-order chi connectivity index (χ0) is 13.6. The molecule has 0 saturated carbocycles. The quantitative estimate of drug-likeness (QED) is 0.434. The van der Waals surface area contributed by atoms with Crippen molar-refractivity contribution >= 4 is 16.1 Å². The van der Waals surface area contributed by atoms with Crippen LogP contribution in [0, 0.1) is 0 Å². The fourth-order valence-corrected chi connectivity index (χ4v) is 1.55. The van der Waals surface area contributed by atoms with E-state index < -0.39 is 16.1 Å². The lowest BCUT2D eigenvalue weighted by atomic mass is 10.2. The SMILES string of the molecule is COC(=O)c1cccc(OCCOS(C)(=O)=O)c1. The van der Waals surface area contributed by atoms with Crippen LogP contribution < -0.4 is 4.74 Å². The highest BCUT2D eigenvalue weighted by Crippen LogP contribution is 2.13. The summed E-state index contributed by atoms with van der Waals surface area (Å²) in [5.74, 6) is -0.0252. The maximum absolute atomic E-state index is 11.2. The van der Waals surface area contributed by atoms with Gasteiger partial charge in [0.2, 0.25) is 0 Å². The fraction of sp³-hybridized carbons (Fsp3) is 0.364. The van der Waals surface area contributed by atoms with Gasteiger partial charge in [-0.1, -0.05) is 6.07 Å². The standard InChI is InChI=1S/C11H14O6S/c1-15-11(12)9-4-3-5-10(8-9)16-6-7-17-18(2,13)14/h3-5,8H,6-7H2,1-2H3. The first-order chi connectivity index (χ1) is 8.42. The first-order valence-electron chi connectivity index (χ1n) is 5.08. The fourth-order valence-electron chi connectivity index (χ4n) is 1.18. The number of benzene rings is 1. The van der Waals surface area contributed by atoms with Crippen molar-refractivity contribution in [3.63, 3.8) is 0 Å². The van der Waals surface area contributed by atoms with E-state index in [1.807, 2.05) is 0 Å². The molecule has 0 aromatic heterocycles. The monoisotopic (exact) mass is 274 g/mol. The van der Waals surface area contributed by atoms with Gasteiger partial charge in [-0.25, -0.2) is 4.79 Å². The van der Waals surface area contributed by atoms with Crippen LogP contribution >= 0.6 is 0 Å². The van der Waals surface area contributed by atoms with Crippen molar-refractivity contribution in [1.82, 2.24) is 0 Å². The predicted molar refractivity (Wildman–Crippen MR) is 64.1 cm³/mol. The van der Waals surface area contributed by atoms with Crippen molar-refractivity contribution in [2.24, 2.45) is 0 Å². The van der Waals surface area contributed by atoms with Crippen molar-refractivity contribution in [2.75, 3.05) is 26.6 Å². The molecular formula is C11H14O6S. The summed E-state index contributed by atoms with van der Waals surface area (Å²) in [4.78, 5) is 11.2. The number of ether oxygens (including phenoxy) is 2. The minimum atomic E-state index is -3.46. The van der Waals surface area contributed by atoms with Crippen molar-refractivity contribution in [2.45, 2.75) is 0 Å². The van der Waals surface area contributed by atoms with Crippen LogP contribution in [0.15, 0.2) is 24.3 Å². The highest BCUT2D eigenvalue weighted by Gasteiger charge is 2.06. The van der Waals surface area contributed by atoms with E-state index in [9.17, 15) is 13.2 Å². The Balaban J connectivity index is 2.50. The van der Waals surface area contributed by atoms with Crippen LogP contribution in [0.25, 0.3) is 0 Å². The number of carbonyl (C=O) groups is 1. The summed E-state index contributed by atoms with van der Waals surface area (Å²) in [7, 11) is -2.17. The molecule has 0 spiro atoms. The lowest BCUT2D eigenvalue weighted by Crippen LogP contribution is -2.11. The molecule has 1 aromatic rings. The third-order valence-electron chi connectivity index (χ3n) is 1.90.